The predicted molar refractivity (Wildman–Crippen MR) is 97.9 cm³/mol. The minimum Gasteiger partial charge on any atom is -0.483 e. The Balaban J connectivity index is 1.89. The molecule has 0 fully saturated rings. The standard InChI is InChI=1S/C17H19IN2O3/c1-11(2)14-6-4-12(3)8-15(14)22-10-17(21)20-19-9-13-5-7-16(18)23-13/h4-9,11H,10H2,1-3H3,(H,20,21). The maximum atomic E-state index is 11.8. The Hall–Kier alpha value is -1.83. The summed E-state index contributed by atoms with van der Waals surface area (Å²) in [5.74, 6) is 1.32. The van der Waals surface area contributed by atoms with Crippen molar-refractivity contribution >= 4 is 34.7 Å². The fourth-order valence-corrected chi connectivity index (χ4v) is 2.42. The van der Waals surface area contributed by atoms with Gasteiger partial charge in [0, 0.05) is 0 Å². The molecule has 0 aliphatic carbocycles. The number of hydrazone groups is 1. The Morgan fingerprint density at radius 2 is 2.17 bits per heavy atom. The van der Waals surface area contributed by atoms with E-state index in [0.717, 1.165) is 20.6 Å². The highest BCUT2D eigenvalue weighted by molar-refractivity contribution is 14.1. The number of carbonyl (C=O) groups is 1. The van der Waals surface area contributed by atoms with E-state index in [2.05, 4.69) is 47.0 Å². The second-order valence-corrected chi connectivity index (χ2v) is 6.48. The van der Waals surface area contributed by atoms with Gasteiger partial charge >= 0.3 is 0 Å². The van der Waals surface area contributed by atoms with Crippen LogP contribution >= 0.6 is 22.6 Å². The van der Waals surface area contributed by atoms with Crippen molar-refractivity contribution in [1.82, 2.24) is 5.43 Å². The van der Waals surface area contributed by atoms with Crippen LogP contribution < -0.4 is 10.2 Å². The largest absolute Gasteiger partial charge is 0.483 e. The number of benzene rings is 1. The number of nitrogens with zero attached hydrogens (tertiary/aromatic N) is 1. The smallest absolute Gasteiger partial charge is 0.277 e. The van der Waals surface area contributed by atoms with Crippen LogP contribution in [0.1, 0.15) is 36.7 Å². The van der Waals surface area contributed by atoms with Crippen molar-refractivity contribution in [1.29, 1.82) is 0 Å². The third kappa shape index (κ3) is 5.38. The van der Waals surface area contributed by atoms with E-state index in [1.165, 1.54) is 6.21 Å². The van der Waals surface area contributed by atoms with E-state index in [9.17, 15) is 4.79 Å². The lowest BCUT2D eigenvalue weighted by Crippen LogP contribution is -2.24. The van der Waals surface area contributed by atoms with Crippen LogP contribution in [-0.2, 0) is 4.79 Å². The van der Waals surface area contributed by atoms with E-state index >= 15 is 0 Å². The molecule has 1 aromatic carbocycles. The number of hydrogen-bond donors (Lipinski definition) is 1. The van der Waals surface area contributed by atoms with Crippen molar-refractivity contribution in [3.63, 3.8) is 0 Å². The number of nitrogens with one attached hydrogen (secondary N) is 1. The van der Waals surface area contributed by atoms with Crippen molar-refractivity contribution < 1.29 is 13.9 Å². The summed E-state index contributed by atoms with van der Waals surface area (Å²) in [6.07, 6.45) is 1.45. The van der Waals surface area contributed by atoms with Gasteiger partial charge in [0.15, 0.2) is 10.4 Å². The molecule has 0 radical (unpaired) electrons. The van der Waals surface area contributed by atoms with Crippen LogP contribution in [0, 0.1) is 10.7 Å². The molecule has 0 saturated heterocycles. The lowest BCUT2D eigenvalue weighted by Gasteiger charge is -2.14. The second kappa shape index (κ2) is 8.14. The van der Waals surface area contributed by atoms with Crippen molar-refractivity contribution in [2.75, 3.05) is 6.61 Å². The first kappa shape index (κ1) is 17.5. The van der Waals surface area contributed by atoms with Gasteiger partial charge in [0.2, 0.25) is 0 Å². The van der Waals surface area contributed by atoms with Crippen molar-refractivity contribution in [2.45, 2.75) is 26.7 Å². The second-order valence-electron chi connectivity index (χ2n) is 5.42. The highest BCUT2D eigenvalue weighted by atomic mass is 127. The molecule has 5 nitrogen and oxygen atoms in total. The summed E-state index contributed by atoms with van der Waals surface area (Å²) in [4.78, 5) is 11.8. The zero-order valence-corrected chi connectivity index (χ0v) is 15.5. The summed E-state index contributed by atoms with van der Waals surface area (Å²) in [6, 6.07) is 9.60. The molecule has 1 amide bonds. The van der Waals surface area contributed by atoms with Crippen LogP contribution in [0.3, 0.4) is 0 Å². The van der Waals surface area contributed by atoms with Crippen molar-refractivity contribution in [3.8, 4) is 5.75 Å². The molecule has 2 rings (SSSR count). The molecule has 122 valence electrons. The van der Waals surface area contributed by atoms with Gasteiger partial charge < -0.3 is 9.15 Å². The number of ether oxygens (including phenoxy) is 1. The van der Waals surface area contributed by atoms with Gasteiger partial charge in [-0.25, -0.2) is 5.43 Å². The summed E-state index contributed by atoms with van der Waals surface area (Å²) >= 11 is 2.06. The summed E-state index contributed by atoms with van der Waals surface area (Å²) in [7, 11) is 0. The fraction of sp³-hybridized carbons (Fsp3) is 0.294. The van der Waals surface area contributed by atoms with Crippen molar-refractivity contribution in [3.05, 3.63) is 51.0 Å². The van der Waals surface area contributed by atoms with Crippen LogP contribution in [0.15, 0.2) is 39.9 Å². The van der Waals surface area contributed by atoms with Crippen LogP contribution in [0.25, 0.3) is 0 Å². The van der Waals surface area contributed by atoms with Crippen molar-refractivity contribution in [2.24, 2.45) is 5.10 Å². The molecule has 1 N–H and O–H groups in total. The van der Waals surface area contributed by atoms with Crippen LogP contribution in [0.2, 0.25) is 0 Å². The molecule has 0 aliphatic rings. The number of amides is 1. The summed E-state index contributed by atoms with van der Waals surface area (Å²) < 4.78 is 11.7. The summed E-state index contributed by atoms with van der Waals surface area (Å²) in [5, 5.41) is 3.84. The molecule has 0 saturated carbocycles. The van der Waals surface area contributed by atoms with Crippen LogP contribution in [0.4, 0.5) is 0 Å². The topological polar surface area (TPSA) is 63.8 Å². The Bertz CT molecular complexity index is 708. The predicted octanol–water partition coefficient (Wildman–Crippen LogP) is 3.85. The van der Waals surface area contributed by atoms with Gasteiger partial charge in [0.05, 0.1) is 6.21 Å². The number of carbonyl (C=O) groups excluding carboxylic acids is 1. The average Bonchev–Trinajstić information content (AvgIpc) is 2.90. The molecule has 0 spiro atoms. The van der Waals surface area contributed by atoms with Gasteiger partial charge in [0.1, 0.15) is 11.5 Å². The lowest BCUT2D eigenvalue weighted by atomic mass is 10.0. The first-order valence-corrected chi connectivity index (χ1v) is 8.34. The van der Waals surface area contributed by atoms with Gasteiger partial charge in [0.25, 0.3) is 5.91 Å². The van der Waals surface area contributed by atoms with Gasteiger partial charge in [-0.05, 0) is 64.8 Å². The average molecular weight is 426 g/mol. The molecule has 0 unspecified atom stereocenters. The van der Waals surface area contributed by atoms with Gasteiger partial charge in [-0.1, -0.05) is 26.0 Å². The monoisotopic (exact) mass is 426 g/mol. The normalized spacial score (nSPS) is 11.2. The maximum Gasteiger partial charge on any atom is 0.277 e. The van der Waals surface area contributed by atoms with E-state index in [0.29, 0.717) is 11.7 Å². The van der Waals surface area contributed by atoms with Gasteiger partial charge in [-0.3, -0.25) is 4.79 Å². The first-order chi connectivity index (χ1) is 11.0. The number of hydrogen-bond acceptors (Lipinski definition) is 4. The maximum absolute atomic E-state index is 11.8. The number of aryl methyl sites for hydroxylation is 1. The van der Waals surface area contributed by atoms with E-state index in [-0.39, 0.29) is 12.5 Å². The molecule has 1 heterocycles. The van der Waals surface area contributed by atoms with Crippen LogP contribution in [0.5, 0.6) is 5.75 Å². The van der Waals surface area contributed by atoms with E-state index < -0.39 is 0 Å². The molecule has 23 heavy (non-hydrogen) atoms. The molecule has 0 aliphatic heterocycles. The van der Waals surface area contributed by atoms with Gasteiger partial charge in [-0.15, -0.1) is 0 Å². The molecular formula is C17H19IN2O3. The Morgan fingerprint density at radius 3 is 2.83 bits per heavy atom. The Labute approximate surface area is 149 Å². The number of halogens is 1. The molecule has 0 atom stereocenters. The third-order valence-corrected chi connectivity index (χ3v) is 3.70. The third-order valence-electron chi connectivity index (χ3n) is 3.12. The Morgan fingerprint density at radius 1 is 1.39 bits per heavy atom. The zero-order valence-electron chi connectivity index (χ0n) is 13.3. The minimum absolute atomic E-state index is 0.0871. The fourth-order valence-electron chi connectivity index (χ4n) is 1.98. The molecule has 2 aromatic rings. The van der Waals surface area contributed by atoms with Crippen LogP contribution in [-0.4, -0.2) is 18.7 Å². The quantitative estimate of drug-likeness (QED) is 0.434. The molecular weight excluding hydrogens is 407 g/mol. The molecule has 1 aromatic heterocycles. The van der Waals surface area contributed by atoms with E-state index in [4.69, 9.17) is 9.15 Å². The number of rotatable bonds is 6. The SMILES string of the molecule is Cc1ccc(C(C)C)c(OCC(=O)NN=Cc2ccc(I)o2)c1. The minimum atomic E-state index is -0.321. The van der Waals surface area contributed by atoms with E-state index in [1.54, 1.807) is 6.07 Å². The lowest BCUT2D eigenvalue weighted by molar-refractivity contribution is -0.123. The zero-order chi connectivity index (χ0) is 16.8. The molecule has 0 bridgehead atoms. The van der Waals surface area contributed by atoms with E-state index in [1.807, 2.05) is 31.2 Å². The van der Waals surface area contributed by atoms with Gasteiger partial charge in [-0.2, -0.15) is 5.10 Å². The Kier molecular flexibility index (Phi) is 6.20. The summed E-state index contributed by atoms with van der Waals surface area (Å²) in [5.41, 5.74) is 4.59. The summed E-state index contributed by atoms with van der Waals surface area (Å²) in [6.45, 7) is 6.08. The number of furan rings is 1. The first-order valence-electron chi connectivity index (χ1n) is 7.26. The highest BCUT2D eigenvalue weighted by Gasteiger charge is 2.10. The highest BCUT2D eigenvalue weighted by Crippen LogP contribution is 2.27. The molecule has 6 heteroatoms.